The molecular formula is C32H27NO5. The van der Waals surface area contributed by atoms with Gasteiger partial charge in [-0.15, -0.1) is 0 Å². The van der Waals surface area contributed by atoms with Crippen LogP contribution in [0.5, 0.6) is 17.2 Å². The number of carbonyl (C=O) groups is 2. The maximum atomic E-state index is 13.6. The molecule has 0 radical (unpaired) electrons. The number of benzene rings is 4. The summed E-state index contributed by atoms with van der Waals surface area (Å²) in [6.07, 6.45) is 0. The van der Waals surface area contributed by atoms with Gasteiger partial charge in [0.05, 0.1) is 24.3 Å². The lowest BCUT2D eigenvalue weighted by Gasteiger charge is -2.27. The summed E-state index contributed by atoms with van der Waals surface area (Å²) < 4.78 is 11.5. The lowest BCUT2D eigenvalue weighted by atomic mass is 9.94. The number of aliphatic hydroxyl groups is 1. The number of methoxy groups -OCH3 is 1. The van der Waals surface area contributed by atoms with Gasteiger partial charge in [-0.3, -0.25) is 14.5 Å². The van der Waals surface area contributed by atoms with E-state index in [0.29, 0.717) is 34.1 Å². The minimum Gasteiger partial charge on any atom is -0.507 e. The normalized spacial score (nSPS) is 16.5. The second-order valence-electron chi connectivity index (χ2n) is 9.15. The molecule has 5 rings (SSSR count). The van der Waals surface area contributed by atoms with Crippen LogP contribution in [0.15, 0.2) is 103 Å². The molecule has 38 heavy (non-hydrogen) atoms. The number of hydrogen-bond acceptors (Lipinski definition) is 5. The van der Waals surface area contributed by atoms with Gasteiger partial charge in [-0.2, -0.15) is 0 Å². The maximum Gasteiger partial charge on any atom is 0.300 e. The zero-order valence-electron chi connectivity index (χ0n) is 21.3. The van der Waals surface area contributed by atoms with Gasteiger partial charge in [0.15, 0.2) is 0 Å². The molecule has 1 atom stereocenters. The van der Waals surface area contributed by atoms with Crippen molar-refractivity contribution in [2.45, 2.75) is 19.9 Å². The summed E-state index contributed by atoms with van der Waals surface area (Å²) in [5, 5.41) is 11.6. The summed E-state index contributed by atoms with van der Waals surface area (Å²) in [6, 6.07) is 28.3. The van der Waals surface area contributed by atoms with Crippen molar-refractivity contribution in [2.24, 2.45) is 0 Å². The lowest BCUT2D eigenvalue weighted by molar-refractivity contribution is -0.132. The molecule has 0 spiro atoms. The Morgan fingerprint density at radius 1 is 0.816 bits per heavy atom. The number of ketones is 1. The Labute approximate surface area is 221 Å². The fourth-order valence-corrected chi connectivity index (χ4v) is 4.75. The molecule has 1 N–H and O–H groups in total. The van der Waals surface area contributed by atoms with Gasteiger partial charge in [-0.25, -0.2) is 0 Å². The zero-order valence-corrected chi connectivity index (χ0v) is 21.3. The average molecular weight is 506 g/mol. The number of rotatable bonds is 6. The third kappa shape index (κ3) is 4.52. The van der Waals surface area contributed by atoms with Gasteiger partial charge < -0.3 is 14.6 Å². The number of aryl methyl sites for hydroxylation is 2. The van der Waals surface area contributed by atoms with Gasteiger partial charge in [-0.1, -0.05) is 60.2 Å². The molecule has 0 saturated carbocycles. The van der Waals surface area contributed by atoms with Gasteiger partial charge in [0, 0.05) is 5.69 Å². The van der Waals surface area contributed by atoms with Crippen molar-refractivity contribution in [3.63, 3.8) is 0 Å². The first-order valence-corrected chi connectivity index (χ1v) is 12.2. The minimum absolute atomic E-state index is 0.0148. The molecule has 4 aromatic rings. The van der Waals surface area contributed by atoms with Crippen LogP contribution in [0.1, 0.15) is 28.3 Å². The Morgan fingerprint density at radius 2 is 1.53 bits per heavy atom. The number of aliphatic hydroxyl groups excluding tert-OH is 1. The van der Waals surface area contributed by atoms with E-state index >= 15 is 0 Å². The van der Waals surface area contributed by atoms with Crippen molar-refractivity contribution in [1.29, 1.82) is 0 Å². The molecule has 0 bridgehead atoms. The molecular weight excluding hydrogens is 478 g/mol. The Hall–Kier alpha value is -4.84. The van der Waals surface area contributed by atoms with E-state index in [1.807, 2.05) is 74.5 Å². The third-order valence-corrected chi connectivity index (χ3v) is 6.58. The van der Waals surface area contributed by atoms with Crippen LogP contribution in [0.4, 0.5) is 5.69 Å². The summed E-state index contributed by atoms with van der Waals surface area (Å²) in [5.74, 6) is -0.186. The smallest absolute Gasteiger partial charge is 0.300 e. The van der Waals surface area contributed by atoms with Crippen molar-refractivity contribution >= 4 is 23.1 Å². The molecule has 0 aromatic heterocycles. The molecule has 1 aliphatic heterocycles. The molecule has 1 heterocycles. The first-order chi connectivity index (χ1) is 18.4. The second-order valence-corrected chi connectivity index (χ2v) is 9.15. The van der Waals surface area contributed by atoms with Crippen molar-refractivity contribution in [3.8, 4) is 17.2 Å². The number of para-hydroxylation sites is 2. The van der Waals surface area contributed by atoms with Gasteiger partial charge in [0.2, 0.25) is 0 Å². The van der Waals surface area contributed by atoms with E-state index in [2.05, 4.69) is 0 Å². The SMILES string of the molecule is COc1ccc(C)cc1/C(O)=C1\C(=O)C(=O)N(c2ccccc2C)C1c1cccc(Oc2ccccc2)c1. The first kappa shape index (κ1) is 24.8. The summed E-state index contributed by atoms with van der Waals surface area (Å²) in [4.78, 5) is 28.6. The van der Waals surface area contributed by atoms with Crippen molar-refractivity contribution in [2.75, 3.05) is 12.0 Å². The highest BCUT2D eigenvalue weighted by Crippen LogP contribution is 2.45. The fraction of sp³-hybridized carbons (Fsp3) is 0.125. The molecule has 190 valence electrons. The number of nitrogens with zero attached hydrogens (tertiary/aromatic N) is 1. The van der Waals surface area contributed by atoms with Crippen molar-refractivity contribution < 1.29 is 24.2 Å². The van der Waals surface area contributed by atoms with Gasteiger partial charge >= 0.3 is 0 Å². The van der Waals surface area contributed by atoms with Gasteiger partial charge in [-0.05, 0) is 67.4 Å². The number of carbonyl (C=O) groups excluding carboxylic acids is 2. The van der Waals surface area contributed by atoms with E-state index in [0.717, 1.165) is 11.1 Å². The van der Waals surface area contributed by atoms with Crippen LogP contribution < -0.4 is 14.4 Å². The van der Waals surface area contributed by atoms with E-state index < -0.39 is 17.7 Å². The van der Waals surface area contributed by atoms with E-state index in [4.69, 9.17) is 9.47 Å². The molecule has 1 saturated heterocycles. The predicted octanol–water partition coefficient (Wildman–Crippen LogP) is 6.73. The standard InChI is InChI=1S/C32H27NO5/c1-20-16-17-27(37-3)25(18-20)30(34)28-29(33(32(36)31(28)35)26-15-8-7-10-21(26)2)22-11-9-14-24(19-22)38-23-12-5-4-6-13-23/h4-19,29,34H,1-3H3/b30-28+. The number of amides is 1. The van der Waals surface area contributed by atoms with Crippen LogP contribution in [-0.4, -0.2) is 23.9 Å². The quantitative estimate of drug-likeness (QED) is 0.179. The molecule has 1 fully saturated rings. The Bertz CT molecular complexity index is 1560. The molecule has 0 aliphatic carbocycles. The minimum atomic E-state index is -0.888. The number of Topliss-reactive ketones (excluding diaryl/α,β-unsaturated/α-hetero) is 1. The predicted molar refractivity (Wildman–Crippen MR) is 147 cm³/mol. The van der Waals surface area contributed by atoms with E-state index in [-0.39, 0.29) is 11.3 Å². The zero-order chi connectivity index (χ0) is 26.8. The molecule has 6 nitrogen and oxygen atoms in total. The lowest BCUT2D eigenvalue weighted by Crippen LogP contribution is -2.30. The molecule has 1 aliphatic rings. The summed E-state index contributed by atoms with van der Waals surface area (Å²) in [6.45, 7) is 3.76. The molecule has 4 aromatic carbocycles. The monoisotopic (exact) mass is 505 g/mol. The highest BCUT2D eigenvalue weighted by Gasteiger charge is 2.47. The van der Waals surface area contributed by atoms with Gasteiger partial charge in [0.1, 0.15) is 23.0 Å². The summed E-state index contributed by atoms with van der Waals surface area (Å²) >= 11 is 0. The van der Waals surface area contributed by atoms with E-state index in [1.54, 1.807) is 36.4 Å². The third-order valence-electron chi connectivity index (χ3n) is 6.58. The Kier molecular flexibility index (Phi) is 6.71. The molecule has 1 unspecified atom stereocenters. The summed E-state index contributed by atoms with van der Waals surface area (Å²) in [7, 11) is 1.50. The second kappa shape index (κ2) is 10.3. The highest BCUT2D eigenvalue weighted by atomic mass is 16.5. The Balaban J connectivity index is 1.72. The Morgan fingerprint density at radius 3 is 2.26 bits per heavy atom. The topological polar surface area (TPSA) is 76.1 Å². The van der Waals surface area contributed by atoms with E-state index in [9.17, 15) is 14.7 Å². The largest absolute Gasteiger partial charge is 0.507 e. The van der Waals surface area contributed by atoms with Crippen LogP contribution in [0.25, 0.3) is 5.76 Å². The summed E-state index contributed by atoms with van der Waals surface area (Å²) in [5.41, 5.74) is 3.23. The first-order valence-electron chi connectivity index (χ1n) is 12.2. The maximum absolute atomic E-state index is 13.6. The van der Waals surface area contributed by atoms with Crippen LogP contribution in [0.3, 0.4) is 0 Å². The molecule has 6 heteroatoms. The van der Waals surface area contributed by atoms with Crippen LogP contribution in [-0.2, 0) is 9.59 Å². The average Bonchev–Trinajstić information content (AvgIpc) is 3.19. The fourth-order valence-electron chi connectivity index (χ4n) is 4.75. The number of hydrogen-bond donors (Lipinski definition) is 1. The number of ether oxygens (including phenoxy) is 2. The van der Waals surface area contributed by atoms with Crippen molar-refractivity contribution in [3.05, 3.63) is 125 Å². The van der Waals surface area contributed by atoms with Crippen LogP contribution >= 0.6 is 0 Å². The molecule has 1 amide bonds. The number of anilines is 1. The van der Waals surface area contributed by atoms with Crippen molar-refractivity contribution in [1.82, 2.24) is 0 Å². The van der Waals surface area contributed by atoms with Gasteiger partial charge in [0.25, 0.3) is 11.7 Å². The highest BCUT2D eigenvalue weighted by molar-refractivity contribution is 6.51. The van der Waals surface area contributed by atoms with Crippen LogP contribution in [0, 0.1) is 13.8 Å². The van der Waals surface area contributed by atoms with E-state index in [1.165, 1.54) is 12.0 Å². The van der Waals surface area contributed by atoms with Crippen LogP contribution in [0.2, 0.25) is 0 Å².